The number of rotatable bonds is 2. The number of carbonyl (C=O) groups is 2. The van der Waals surface area contributed by atoms with E-state index in [2.05, 4.69) is 10.3 Å². The molecule has 1 aliphatic carbocycles. The molecule has 0 bridgehead atoms. The quantitative estimate of drug-likeness (QED) is 0.775. The number of H-pyrrole nitrogens is 1. The van der Waals surface area contributed by atoms with Gasteiger partial charge in [-0.2, -0.15) is 0 Å². The molecule has 7 nitrogen and oxygen atoms in total. The van der Waals surface area contributed by atoms with Gasteiger partial charge in [-0.05, 0) is 32.3 Å². The number of fused-ring (bicyclic) bond motifs is 1. The third-order valence-corrected chi connectivity index (χ3v) is 4.15. The summed E-state index contributed by atoms with van der Waals surface area (Å²) in [5.41, 5.74) is 1.02. The molecule has 1 aromatic heterocycles. The van der Waals surface area contributed by atoms with E-state index in [1.807, 2.05) is 0 Å². The molecule has 2 atom stereocenters. The zero-order valence-corrected chi connectivity index (χ0v) is 11.9. The average Bonchev–Trinajstić information content (AvgIpc) is 3.04. The van der Waals surface area contributed by atoms with Crippen LogP contribution in [-0.2, 0) is 4.74 Å². The van der Waals surface area contributed by atoms with Crippen LogP contribution in [-0.4, -0.2) is 52.3 Å². The number of aryl methyl sites for hydroxylation is 1. The molecule has 2 unspecified atom stereocenters. The van der Waals surface area contributed by atoms with Crippen molar-refractivity contribution < 1.29 is 19.4 Å². The third kappa shape index (κ3) is 2.61. The number of urea groups is 1. The van der Waals surface area contributed by atoms with E-state index < -0.39 is 5.97 Å². The number of amides is 2. The molecule has 3 rings (SSSR count). The molecule has 1 saturated heterocycles. The van der Waals surface area contributed by atoms with E-state index in [0.717, 1.165) is 19.3 Å². The molecule has 2 fully saturated rings. The molecule has 21 heavy (non-hydrogen) atoms. The van der Waals surface area contributed by atoms with E-state index in [1.54, 1.807) is 17.9 Å². The predicted octanol–water partition coefficient (Wildman–Crippen LogP) is 1.81. The van der Waals surface area contributed by atoms with Crippen LogP contribution >= 0.6 is 0 Å². The Hall–Kier alpha value is -2.02. The predicted molar refractivity (Wildman–Crippen MR) is 75.6 cm³/mol. The van der Waals surface area contributed by atoms with Crippen molar-refractivity contribution in [1.29, 1.82) is 0 Å². The van der Waals surface area contributed by atoms with Gasteiger partial charge >= 0.3 is 12.0 Å². The Morgan fingerprint density at radius 3 is 3.05 bits per heavy atom. The van der Waals surface area contributed by atoms with Gasteiger partial charge in [-0.1, -0.05) is 0 Å². The summed E-state index contributed by atoms with van der Waals surface area (Å²) in [4.78, 5) is 28.1. The lowest BCUT2D eigenvalue weighted by atomic mass is 10.1. The first-order valence-electron chi connectivity index (χ1n) is 7.18. The number of ether oxygens (including phenoxy) is 1. The number of anilines is 1. The fraction of sp³-hybridized carbons (Fsp3) is 0.571. The van der Waals surface area contributed by atoms with Crippen molar-refractivity contribution >= 4 is 17.7 Å². The zero-order chi connectivity index (χ0) is 15.0. The number of nitrogens with one attached hydrogen (secondary N) is 2. The van der Waals surface area contributed by atoms with Crippen LogP contribution in [0.5, 0.6) is 0 Å². The Balaban J connectivity index is 1.75. The highest BCUT2D eigenvalue weighted by molar-refractivity contribution is 5.99. The number of nitrogens with zero attached hydrogens (tertiary/aromatic N) is 1. The van der Waals surface area contributed by atoms with Gasteiger partial charge in [-0.15, -0.1) is 0 Å². The fourth-order valence-electron chi connectivity index (χ4n) is 3.22. The normalized spacial score (nSPS) is 24.7. The van der Waals surface area contributed by atoms with E-state index >= 15 is 0 Å². The van der Waals surface area contributed by atoms with Gasteiger partial charge in [0.05, 0.1) is 24.4 Å². The van der Waals surface area contributed by atoms with E-state index in [-0.39, 0.29) is 23.9 Å². The topological polar surface area (TPSA) is 94.7 Å². The van der Waals surface area contributed by atoms with Gasteiger partial charge in [-0.25, -0.2) is 9.59 Å². The number of morpholine rings is 1. The molecule has 2 amide bonds. The van der Waals surface area contributed by atoms with Crippen molar-refractivity contribution in [1.82, 2.24) is 9.88 Å². The molecule has 114 valence electrons. The highest BCUT2D eigenvalue weighted by Gasteiger charge is 2.38. The van der Waals surface area contributed by atoms with Crippen LogP contribution in [0.3, 0.4) is 0 Å². The molecule has 1 aromatic rings. The zero-order valence-electron chi connectivity index (χ0n) is 11.9. The summed E-state index contributed by atoms with van der Waals surface area (Å²) in [6.07, 6.45) is 3.10. The summed E-state index contributed by atoms with van der Waals surface area (Å²) < 4.78 is 5.68. The van der Waals surface area contributed by atoms with Crippen molar-refractivity contribution in [2.24, 2.45) is 0 Å². The highest BCUT2D eigenvalue weighted by atomic mass is 16.5. The fourth-order valence-corrected chi connectivity index (χ4v) is 3.22. The number of carbonyl (C=O) groups excluding carboxylic acids is 1. The number of aromatic amines is 1. The van der Waals surface area contributed by atoms with Crippen LogP contribution in [0, 0.1) is 6.92 Å². The van der Waals surface area contributed by atoms with E-state index in [0.29, 0.717) is 24.5 Å². The lowest BCUT2D eigenvalue weighted by Crippen LogP contribution is -2.52. The summed E-state index contributed by atoms with van der Waals surface area (Å²) >= 11 is 0. The molecule has 3 N–H and O–H groups in total. The number of carboxylic acids is 1. The minimum atomic E-state index is -1.08. The molecule has 2 aliphatic rings. The van der Waals surface area contributed by atoms with Gasteiger partial charge in [-0.3, -0.25) is 0 Å². The molecule has 1 aliphatic heterocycles. The summed E-state index contributed by atoms with van der Waals surface area (Å²) in [6, 6.07) is 1.48. The van der Waals surface area contributed by atoms with Crippen LogP contribution in [0.1, 0.15) is 35.4 Å². The van der Waals surface area contributed by atoms with E-state index in [9.17, 15) is 9.59 Å². The lowest BCUT2D eigenvalue weighted by molar-refractivity contribution is -0.0362. The number of hydrogen-bond donors (Lipinski definition) is 3. The Kier molecular flexibility index (Phi) is 3.59. The van der Waals surface area contributed by atoms with Crippen LogP contribution in [0.25, 0.3) is 0 Å². The van der Waals surface area contributed by atoms with Crippen LogP contribution in [0.15, 0.2) is 6.07 Å². The molecule has 0 radical (unpaired) electrons. The Morgan fingerprint density at radius 1 is 1.48 bits per heavy atom. The SMILES string of the molecule is Cc1cc(NC(=O)N2CCOC3CCCC32)c(C(=O)O)[nH]1. The number of aromatic carboxylic acids is 1. The van der Waals surface area contributed by atoms with Crippen molar-refractivity contribution in [3.8, 4) is 0 Å². The van der Waals surface area contributed by atoms with Crippen molar-refractivity contribution in [3.05, 3.63) is 17.5 Å². The summed E-state index contributed by atoms with van der Waals surface area (Å²) in [7, 11) is 0. The Labute approximate surface area is 122 Å². The van der Waals surface area contributed by atoms with Crippen molar-refractivity contribution in [2.45, 2.75) is 38.3 Å². The van der Waals surface area contributed by atoms with Gasteiger partial charge in [0.25, 0.3) is 0 Å². The maximum Gasteiger partial charge on any atom is 0.354 e. The largest absolute Gasteiger partial charge is 0.477 e. The van der Waals surface area contributed by atoms with Crippen LogP contribution in [0.4, 0.5) is 10.5 Å². The number of aromatic nitrogens is 1. The summed E-state index contributed by atoms with van der Waals surface area (Å²) in [6.45, 7) is 2.83. The first kappa shape index (κ1) is 13.9. The van der Waals surface area contributed by atoms with Crippen molar-refractivity contribution in [3.63, 3.8) is 0 Å². The lowest BCUT2D eigenvalue weighted by Gasteiger charge is -2.37. The number of hydrogen-bond acceptors (Lipinski definition) is 3. The monoisotopic (exact) mass is 293 g/mol. The van der Waals surface area contributed by atoms with Gasteiger partial charge in [0.1, 0.15) is 5.69 Å². The maximum atomic E-state index is 12.4. The molecule has 2 heterocycles. The van der Waals surface area contributed by atoms with Gasteiger partial charge < -0.3 is 25.0 Å². The van der Waals surface area contributed by atoms with E-state index in [4.69, 9.17) is 9.84 Å². The van der Waals surface area contributed by atoms with Gasteiger partial charge in [0, 0.05) is 12.2 Å². The first-order chi connectivity index (χ1) is 10.1. The average molecular weight is 293 g/mol. The minimum absolute atomic E-state index is 0.0112. The molecular formula is C14H19N3O4. The Bertz CT molecular complexity index is 569. The van der Waals surface area contributed by atoms with Crippen LogP contribution in [0.2, 0.25) is 0 Å². The maximum absolute atomic E-state index is 12.4. The molecule has 1 saturated carbocycles. The minimum Gasteiger partial charge on any atom is -0.477 e. The molecule has 7 heteroatoms. The second-order valence-corrected chi connectivity index (χ2v) is 5.58. The third-order valence-electron chi connectivity index (χ3n) is 4.15. The van der Waals surface area contributed by atoms with E-state index in [1.165, 1.54) is 0 Å². The number of carboxylic acid groups (broad SMARTS) is 1. The summed E-state index contributed by atoms with van der Waals surface area (Å²) in [5, 5.41) is 11.9. The summed E-state index contributed by atoms with van der Waals surface area (Å²) in [5.74, 6) is -1.08. The van der Waals surface area contributed by atoms with Crippen molar-refractivity contribution in [2.75, 3.05) is 18.5 Å². The highest BCUT2D eigenvalue weighted by Crippen LogP contribution is 2.30. The smallest absolute Gasteiger partial charge is 0.354 e. The molecule has 0 aromatic carbocycles. The Morgan fingerprint density at radius 2 is 2.29 bits per heavy atom. The van der Waals surface area contributed by atoms with Gasteiger partial charge in [0.15, 0.2) is 0 Å². The van der Waals surface area contributed by atoms with Crippen LogP contribution < -0.4 is 5.32 Å². The molecular weight excluding hydrogens is 274 g/mol. The molecule has 0 spiro atoms. The van der Waals surface area contributed by atoms with Gasteiger partial charge in [0.2, 0.25) is 0 Å². The second-order valence-electron chi connectivity index (χ2n) is 5.58. The standard InChI is InChI=1S/C14H19N3O4/c1-8-7-9(12(15-8)13(18)19)16-14(20)17-5-6-21-11-4-2-3-10(11)17/h7,10-11,15H,2-6H2,1H3,(H,16,20)(H,18,19). The second kappa shape index (κ2) is 5.40. The first-order valence-corrected chi connectivity index (χ1v) is 7.18.